The lowest BCUT2D eigenvalue weighted by molar-refractivity contribution is -0.145. The average molecular weight is 256 g/mol. The minimum absolute atomic E-state index is 0.506. The molecule has 0 aliphatic carbocycles. The van der Waals surface area contributed by atoms with E-state index < -0.39 is 35.0 Å². The van der Waals surface area contributed by atoms with Gasteiger partial charge in [-0.05, 0) is 0 Å². The third kappa shape index (κ3) is 2.01. The van der Waals surface area contributed by atoms with E-state index in [1.54, 1.807) is 0 Å². The van der Waals surface area contributed by atoms with E-state index in [0.717, 1.165) is 0 Å². The van der Waals surface area contributed by atoms with E-state index in [4.69, 9.17) is 0 Å². The van der Waals surface area contributed by atoms with Crippen LogP contribution in [0, 0.1) is 0 Å². The van der Waals surface area contributed by atoms with Gasteiger partial charge in [-0.15, -0.1) is 0 Å². The first kappa shape index (κ1) is 11.6. The molecule has 2 rings (SSSR count). The van der Waals surface area contributed by atoms with Gasteiger partial charge >= 0.3 is 12.4 Å². The van der Waals surface area contributed by atoms with Crippen LogP contribution < -0.4 is 0 Å². The third-order valence-corrected chi connectivity index (χ3v) is 1.83. The zero-order valence-corrected chi connectivity index (χ0v) is 7.69. The summed E-state index contributed by atoms with van der Waals surface area (Å²) in [5.74, 6) is -1.54. The number of nitrogens with one attached hydrogen (secondary N) is 1. The number of hydrogen-bond acceptors (Lipinski definition) is 3. The van der Waals surface area contributed by atoms with Gasteiger partial charge in [-0.2, -0.15) is 26.3 Å². The van der Waals surface area contributed by atoms with Crippen LogP contribution in [-0.4, -0.2) is 19.9 Å². The predicted octanol–water partition coefficient (Wildman–Crippen LogP) is 2.39. The molecule has 0 radical (unpaired) electrons. The number of fused-ring (bicyclic) bond motifs is 1. The molecule has 0 fully saturated rings. The van der Waals surface area contributed by atoms with Crippen molar-refractivity contribution in [2.45, 2.75) is 12.4 Å². The molecule has 4 nitrogen and oxygen atoms in total. The maximum absolute atomic E-state index is 12.4. The number of alkyl halides is 6. The van der Waals surface area contributed by atoms with Gasteiger partial charge in [-0.3, -0.25) is 0 Å². The van der Waals surface area contributed by atoms with E-state index >= 15 is 0 Å². The van der Waals surface area contributed by atoms with Crippen molar-refractivity contribution in [2.75, 3.05) is 0 Å². The first-order valence-electron chi connectivity index (χ1n) is 4.04. The van der Waals surface area contributed by atoms with Crippen LogP contribution in [0.25, 0.3) is 11.2 Å². The average Bonchev–Trinajstić information content (AvgIpc) is 2.57. The summed E-state index contributed by atoms with van der Waals surface area (Å²) in [7, 11) is 0. The van der Waals surface area contributed by atoms with Crippen molar-refractivity contribution in [3.63, 3.8) is 0 Å². The van der Waals surface area contributed by atoms with Crippen LogP contribution >= 0.6 is 0 Å². The molecule has 0 saturated carbocycles. The number of H-pyrrole nitrogens is 1. The van der Waals surface area contributed by atoms with E-state index in [0.29, 0.717) is 6.33 Å². The molecule has 2 aromatic heterocycles. The van der Waals surface area contributed by atoms with Gasteiger partial charge in [0.2, 0.25) is 5.82 Å². The molecule has 0 aliphatic rings. The second kappa shape index (κ2) is 3.31. The van der Waals surface area contributed by atoms with Crippen LogP contribution in [0.15, 0.2) is 6.33 Å². The van der Waals surface area contributed by atoms with Gasteiger partial charge in [0.05, 0.1) is 0 Å². The third-order valence-electron chi connectivity index (χ3n) is 1.83. The topological polar surface area (TPSA) is 54.5 Å². The molecule has 0 unspecified atom stereocenters. The molecule has 92 valence electrons. The van der Waals surface area contributed by atoms with Crippen molar-refractivity contribution in [2.24, 2.45) is 0 Å². The van der Waals surface area contributed by atoms with Gasteiger partial charge in [0, 0.05) is 0 Å². The second-order valence-corrected chi connectivity index (χ2v) is 3.00. The lowest BCUT2D eigenvalue weighted by Crippen LogP contribution is -2.09. The molecule has 0 bridgehead atoms. The van der Waals surface area contributed by atoms with Gasteiger partial charge in [0.25, 0.3) is 0 Å². The fourth-order valence-electron chi connectivity index (χ4n) is 1.18. The minimum atomic E-state index is -4.88. The number of rotatable bonds is 0. The first-order valence-corrected chi connectivity index (χ1v) is 4.04. The Labute approximate surface area is 88.7 Å². The molecular weight excluding hydrogens is 254 g/mol. The van der Waals surface area contributed by atoms with E-state index in [2.05, 4.69) is 15.0 Å². The van der Waals surface area contributed by atoms with Crippen LogP contribution in [-0.2, 0) is 12.4 Å². The summed E-state index contributed by atoms with van der Waals surface area (Å²) >= 11 is 0. The van der Waals surface area contributed by atoms with Crippen molar-refractivity contribution in [3.05, 3.63) is 17.8 Å². The van der Waals surface area contributed by atoms with Crippen molar-refractivity contribution in [3.8, 4) is 0 Å². The zero-order chi connectivity index (χ0) is 12.8. The number of aromatic amines is 1. The van der Waals surface area contributed by atoms with E-state index in [1.165, 1.54) is 4.98 Å². The Bertz CT molecular complexity index is 553. The number of hydrogen-bond donors (Lipinski definition) is 1. The van der Waals surface area contributed by atoms with Gasteiger partial charge in [-0.25, -0.2) is 15.0 Å². The van der Waals surface area contributed by atoms with Gasteiger partial charge in [-0.1, -0.05) is 0 Å². The maximum Gasteiger partial charge on any atom is 0.449 e. The van der Waals surface area contributed by atoms with Crippen molar-refractivity contribution in [1.82, 2.24) is 19.9 Å². The van der Waals surface area contributed by atoms with Gasteiger partial charge < -0.3 is 4.98 Å². The molecule has 2 aromatic rings. The van der Waals surface area contributed by atoms with Crippen LogP contribution in [0.2, 0.25) is 0 Å². The maximum atomic E-state index is 12.4. The minimum Gasteiger partial charge on any atom is -0.331 e. The number of halogens is 6. The van der Waals surface area contributed by atoms with Crippen molar-refractivity contribution >= 4 is 11.2 Å². The second-order valence-electron chi connectivity index (χ2n) is 3.00. The molecule has 17 heavy (non-hydrogen) atoms. The molecule has 0 aliphatic heterocycles. The quantitative estimate of drug-likeness (QED) is 0.736. The fraction of sp³-hybridized carbons (Fsp3) is 0.286. The number of nitrogens with zero attached hydrogens (tertiary/aromatic N) is 3. The van der Waals surface area contributed by atoms with Crippen LogP contribution in [0.5, 0.6) is 0 Å². The van der Waals surface area contributed by atoms with Gasteiger partial charge in [0.15, 0.2) is 11.3 Å². The summed E-state index contributed by atoms with van der Waals surface area (Å²) < 4.78 is 73.9. The van der Waals surface area contributed by atoms with Crippen molar-refractivity contribution in [1.29, 1.82) is 0 Å². The normalized spacial score (nSPS) is 13.3. The molecule has 0 amide bonds. The summed E-state index contributed by atoms with van der Waals surface area (Å²) in [5, 5.41) is 0. The Morgan fingerprint density at radius 1 is 0.941 bits per heavy atom. The molecule has 1 N–H and O–H groups in total. The molecule has 0 spiro atoms. The number of imidazole rings is 1. The smallest absolute Gasteiger partial charge is 0.331 e. The Morgan fingerprint density at radius 2 is 1.59 bits per heavy atom. The standard InChI is InChI=1S/C7H2F6N4/c8-6(9,10)3-2-4(15-1-14-3)17-5(16-2)7(11,12)13/h1H,(H,14,15,16,17). The Balaban J connectivity index is 2.70. The van der Waals surface area contributed by atoms with E-state index in [1.807, 2.05) is 0 Å². The molecular formula is C7H2F6N4. The highest BCUT2D eigenvalue weighted by atomic mass is 19.4. The van der Waals surface area contributed by atoms with Gasteiger partial charge in [0.1, 0.15) is 11.8 Å². The lowest BCUT2D eigenvalue weighted by Gasteiger charge is -2.04. The SMILES string of the molecule is FC(F)(F)c1nc2ncnc(C(F)(F)F)c2[nH]1. The largest absolute Gasteiger partial charge is 0.449 e. The zero-order valence-electron chi connectivity index (χ0n) is 7.69. The highest BCUT2D eigenvalue weighted by Gasteiger charge is 2.39. The summed E-state index contributed by atoms with van der Waals surface area (Å²) in [5.41, 5.74) is -3.04. The molecule has 0 atom stereocenters. The monoisotopic (exact) mass is 256 g/mol. The molecule has 0 saturated heterocycles. The highest BCUT2D eigenvalue weighted by Crippen LogP contribution is 2.34. The van der Waals surface area contributed by atoms with Crippen molar-refractivity contribution < 1.29 is 26.3 Å². The Hall–Kier alpha value is -1.87. The molecule has 0 aromatic carbocycles. The number of aromatic nitrogens is 4. The van der Waals surface area contributed by atoms with E-state index in [-0.39, 0.29) is 0 Å². The summed E-state index contributed by atoms with van der Waals surface area (Å²) in [6.45, 7) is 0. The Kier molecular flexibility index (Phi) is 2.26. The highest BCUT2D eigenvalue weighted by molar-refractivity contribution is 5.73. The first-order chi connectivity index (χ1) is 7.69. The Morgan fingerprint density at radius 3 is 2.12 bits per heavy atom. The summed E-state index contributed by atoms with van der Waals surface area (Å²) in [6.07, 6.45) is -9.24. The fourth-order valence-corrected chi connectivity index (χ4v) is 1.18. The van der Waals surface area contributed by atoms with E-state index in [9.17, 15) is 26.3 Å². The summed E-state index contributed by atoms with van der Waals surface area (Å²) in [6, 6.07) is 0. The van der Waals surface area contributed by atoms with Crippen LogP contribution in [0.1, 0.15) is 11.5 Å². The summed E-state index contributed by atoms with van der Waals surface area (Å²) in [4.78, 5) is 10.6. The molecule has 10 heteroatoms. The molecule has 2 heterocycles. The lowest BCUT2D eigenvalue weighted by atomic mass is 10.3. The van der Waals surface area contributed by atoms with Crippen LogP contribution in [0.3, 0.4) is 0 Å². The van der Waals surface area contributed by atoms with Crippen LogP contribution in [0.4, 0.5) is 26.3 Å². The predicted molar refractivity (Wildman–Crippen MR) is 41.7 cm³/mol.